The third-order valence-electron chi connectivity index (χ3n) is 5.52. The Labute approximate surface area is 170 Å². The average molecular weight is 395 g/mol. The molecule has 1 aliphatic heterocycles. The van der Waals surface area contributed by atoms with Gasteiger partial charge in [-0.2, -0.15) is 0 Å². The Kier molecular flexibility index (Phi) is 5.06. The summed E-state index contributed by atoms with van der Waals surface area (Å²) in [6.07, 6.45) is 2.78. The topological polar surface area (TPSA) is 49.3 Å². The maximum absolute atomic E-state index is 13.3. The van der Waals surface area contributed by atoms with Gasteiger partial charge in [-0.05, 0) is 42.9 Å². The predicted octanol–water partition coefficient (Wildman–Crippen LogP) is 4.89. The molecule has 1 aliphatic rings. The van der Waals surface area contributed by atoms with Gasteiger partial charge in [0.25, 0.3) is 5.91 Å². The van der Waals surface area contributed by atoms with Crippen LogP contribution in [0.5, 0.6) is 0 Å². The Morgan fingerprint density at radius 2 is 1.82 bits per heavy atom. The first kappa shape index (κ1) is 18.9. The first-order valence-corrected chi connectivity index (χ1v) is 10.6. The Bertz CT molecular complexity index is 990. The van der Waals surface area contributed by atoms with Crippen molar-refractivity contribution in [2.45, 2.75) is 27.2 Å². The summed E-state index contributed by atoms with van der Waals surface area (Å²) in [5.74, 6) is 2.06. The molecule has 1 aromatic carbocycles. The summed E-state index contributed by atoms with van der Waals surface area (Å²) in [5, 5.41) is 0.973. The number of hydrogen-bond acceptors (Lipinski definition) is 5. The van der Waals surface area contributed by atoms with E-state index in [0.717, 1.165) is 45.3 Å². The number of anilines is 2. The van der Waals surface area contributed by atoms with E-state index in [2.05, 4.69) is 40.8 Å². The van der Waals surface area contributed by atoms with Gasteiger partial charge < -0.3 is 9.80 Å². The van der Waals surface area contributed by atoms with E-state index in [0.29, 0.717) is 11.8 Å². The largest absolute Gasteiger partial charge is 0.337 e. The molecule has 3 aromatic rings. The van der Waals surface area contributed by atoms with Gasteiger partial charge in [0.05, 0.1) is 10.3 Å². The monoisotopic (exact) mass is 394 g/mol. The number of thiophene rings is 1. The molecule has 4 rings (SSSR count). The van der Waals surface area contributed by atoms with Crippen LogP contribution in [-0.4, -0.2) is 40.9 Å². The van der Waals surface area contributed by atoms with Gasteiger partial charge >= 0.3 is 0 Å². The highest BCUT2D eigenvalue weighted by Gasteiger charge is 2.29. The Hall–Kier alpha value is -2.47. The molecule has 0 spiro atoms. The molecular formula is C22H26N4OS. The quantitative estimate of drug-likeness (QED) is 0.635. The van der Waals surface area contributed by atoms with Crippen LogP contribution < -0.4 is 4.90 Å². The molecular weight excluding hydrogens is 368 g/mol. The molecule has 1 saturated heterocycles. The lowest BCUT2D eigenvalue weighted by molar-refractivity contribution is 0.0627. The molecule has 5 nitrogen and oxygen atoms in total. The SMILES string of the molecule is Cc1c(C(=O)N2C[C@@H](C)C[C@H](C)C2)sc2ncnc(N(C)c3ccccc3)c12. The lowest BCUT2D eigenvalue weighted by Gasteiger charge is -2.34. The lowest BCUT2D eigenvalue weighted by atomic mass is 9.92. The van der Waals surface area contributed by atoms with E-state index in [9.17, 15) is 4.79 Å². The number of piperidine rings is 1. The highest BCUT2D eigenvalue weighted by Crippen LogP contribution is 2.37. The number of carbonyl (C=O) groups excluding carboxylic acids is 1. The van der Waals surface area contributed by atoms with Gasteiger partial charge in [0.15, 0.2) is 0 Å². The highest BCUT2D eigenvalue weighted by molar-refractivity contribution is 7.20. The van der Waals surface area contributed by atoms with Crippen molar-refractivity contribution in [3.8, 4) is 0 Å². The van der Waals surface area contributed by atoms with Crippen molar-refractivity contribution < 1.29 is 4.79 Å². The van der Waals surface area contributed by atoms with Crippen LogP contribution in [0, 0.1) is 18.8 Å². The molecule has 1 fully saturated rings. The molecule has 2 atom stereocenters. The molecule has 1 amide bonds. The minimum Gasteiger partial charge on any atom is -0.337 e. The summed E-state index contributed by atoms with van der Waals surface area (Å²) in [4.78, 5) is 28.1. The molecule has 0 bridgehead atoms. The summed E-state index contributed by atoms with van der Waals surface area (Å²) in [6.45, 7) is 8.14. The maximum Gasteiger partial charge on any atom is 0.264 e. The maximum atomic E-state index is 13.3. The number of amides is 1. The van der Waals surface area contributed by atoms with Crippen LogP contribution in [0.3, 0.4) is 0 Å². The van der Waals surface area contributed by atoms with E-state index in [-0.39, 0.29) is 5.91 Å². The summed E-state index contributed by atoms with van der Waals surface area (Å²) < 4.78 is 0. The minimum absolute atomic E-state index is 0.132. The summed E-state index contributed by atoms with van der Waals surface area (Å²) in [6, 6.07) is 10.1. The number of likely N-dealkylation sites (tertiary alicyclic amines) is 1. The first-order chi connectivity index (χ1) is 13.5. The first-order valence-electron chi connectivity index (χ1n) is 9.77. The fraction of sp³-hybridized carbons (Fsp3) is 0.409. The fourth-order valence-electron chi connectivity index (χ4n) is 4.26. The zero-order valence-corrected chi connectivity index (χ0v) is 17.7. The van der Waals surface area contributed by atoms with Crippen LogP contribution in [0.25, 0.3) is 10.2 Å². The number of fused-ring (bicyclic) bond motifs is 1. The minimum atomic E-state index is 0.132. The van der Waals surface area contributed by atoms with E-state index in [1.807, 2.05) is 37.1 Å². The van der Waals surface area contributed by atoms with Crippen LogP contribution in [-0.2, 0) is 0 Å². The van der Waals surface area contributed by atoms with Crippen LogP contribution in [0.15, 0.2) is 36.7 Å². The Morgan fingerprint density at radius 1 is 1.14 bits per heavy atom. The molecule has 0 unspecified atom stereocenters. The molecule has 0 N–H and O–H groups in total. The van der Waals surface area contributed by atoms with Crippen LogP contribution in [0.2, 0.25) is 0 Å². The number of carbonyl (C=O) groups is 1. The number of aromatic nitrogens is 2. The second-order valence-electron chi connectivity index (χ2n) is 7.98. The van der Waals surface area contributed by atoms with Gasteiger partial charge in [-0.1, -0.05) is 32.0 Å². The van der Waals surface area contributed by atoms with E-state index < -0.39 is 0 Å². The van der Waals surface area contributed by atoms with Crippen molar-refractivity contribution in [2.75, 3.05) is 25.0 Å². The number of para-hydroxylation sites is 1. The fourth-order valence-corrected chi connectivity index (χ4v) is 5.37. The number of hydrogen-bond donors (Lipinski definition) is 0. The smallest absolute Gasteiger partial charge is 0.264 e. The second-order valence-corrected chi connectivity index (χ2v) is 8.98. The summed E-state index contributed by atoms with van der Waals surface area (Å²) in [7, 11) is 2.00. The van der Waals surface area contributed by atoms with Gasteiger partial charge in [0.1, 0.15) is 17.0 Å². The Morgan fingerprint density at radius 3 is 2.50 bits per heavy atom. The molecule has 2 aromatic heterocycles. The third kappa shape index (κ3) is 3.37. The van der Waals surface area contributed by atoms with Crippen LogP contribution >= 0.6 is 11.3 Å². The summed E-state index contributed by atoms with van der Waals surface area (Å²) >= 11 is 1.49. The summed E-state index contributed by atoms with van der Waals surface area (Å²) in [5.41, 5.74) is 2.04. The highest BCUT2D eigenvalue weighted by atomic mass is 32.1. The third-order valence-corrected chi connectivity index (χ3v) is 6.71. The number of benzene rings is 1. The average Bonchev–Trinajstić information content (AvgIpc) is 3.03. The van der Waals surface area contributed by atoms with Crippen molar-refractivity contribution in [1.82, 2.24) is 14.9 Å². The number of aryl methyl sites for hydroxylation is 1. The van der Waals surface area contributed by atoms with Crippen molar-refractivity contribution >= 4 is 39.0 Å². The molecule has 146 valence electrons. The van der Waals surface area contributed by atoms with Crippen molar-refractivity contribution in [1.29, 1.82) is 0 Å². The zero-order valence-electron chi connectivity index (χ0n) is 16.8. The standard InChI is InChI=1S/C22H26N4OS/c1-14-10-15(2)12-26(11-14)22(27)19-16(3)18-20(23-13-24-21(18)28-19)25(4)17-8-6-5-7-9-17/h5-9,13-15H,10-12H2,1-4H3/t14-,15-/m0/s1. The zero-order chi connectivity index (χ0) is 19.8. The lowest BCUT2D eigenvalue weighted by Crippen LogP contribution is -2.42. The van der Waals surface area contributed by atoms with Crippen molar-refractivity contribution in [3.05, 3.63) is 47.1 Å². The van der Waals surface area contributed by atoms with E-state index >= 15 is 0 Å². The van der Waals surface area contributed by atoms with E-state index in [1.54, 1.807) is 6.33 Å². The van der Waals surface area contributed by atoms with Gasteiger partial charge in [-0.25, -0.2) is 9.97 Å². The molecule has 0 aliphatic carbocycles. The van der Waals surface area contributed by atoms with Crippen LogP contribution in [0.1, 0.15) is 35.5 Å². The van der Waals surface area contributed by atoms with Gasteiger partial charge in [-0.15, -0.1) is 11.3 Å². The molecule has 6 heteroatoms. The van der Waals surface area contributed by atoms with Gasteiger partial charge in [-0.3, -0.25) is 4.79 Å². The normalized spacial score (nSPS) is 19.8. The van der Waals surface area contributed by atoms with Gasteiger partial charge in [0.2, 0.25) is 0 Å². The molecule has 3 heterocycles. The van der Waals surface area contributed by atoms with Crippen molar-refractivity contribution in [2.24, 2.45) is 11.8 Å². The number of nitrogens with zero attached hydrogens (tertiary/aromatic N) is 4. The molecule has 28 heavy (non-hydrogen) atoms. The van der Waals surface area contributed by atoms with Crippen LogP contribution in [0.4, 0.5) is 11.5 Å². The predicted molar refractivity (Wildman–Crippen MR) is 116 cm³/mol. The number of rotatable bonds is 3. The van der Waals surface area contributed by atoms with Gasteiger partial charge in [0, 0.05) is 25.8 Å². The Balaban J connectivity index is 1.74. The van der Waals surface area contributed by atoms with E-state index in [1.165, 1.54) is 17.8 Å². The van der Waals surface area contributed by atoms with Crippen molar-refractivity contribution in [3.63, 3.8) is 0 Å². The second kappa shape index (κ2) is 7.51. The molecule has 0 radical (unpaired) electrons. The molecule has 0 saturated carbocycles. The van der Waals surface area contributed by atoms with E-state index in [4.69, 9.17) is 0 Å².